The summed E-state index contributed by atoms with van der Waals surface area (Å²) in [6, 6.07) is 9.50. The number of halogens is 1. The first-order valence-electron chi connectivity index (χ1n) is 4.38. The summed E-state index contributed by atoms with van der Waals surface area (Å²) in [5.41, 5.74) is 6.16. The van der Waals surface area contributed by atoms with Gasteiger partial charge >= 0.3 is 0 Å². The number of carbonyl (C=O) groups excluding carboxylic acids is 1. The van der Waals surface area contributed by atoms with E-state index in [1.54, 1.807) is 0 Å². The fourth-order valence-electron chi connectivity index (χ4n) is 1.11. The molecule has 0 bridgehead atoms. The lowest BCUT2D eigenvalue weighted by atomic mass is 10.1. The Kier molecular flexibility index (Phi) is 4.52. The highest BCUT2D eigenvalue weighted by atomic mass is 35.5. The molecule has 0 spiro atoms. The van der Waals surface area contributed by atoms with Gasteiger partial charge in [0.05, 0.1) is 0 Å². The van der Waals surface area contributed by atoms with Crippen LogP contribution in [0.4, 0.5) is 0 Å². The van der Waals surface area contributed by atoms with Crippen LogP contribution >= 0.6 is 23.8 Å². The molecule has 0 saturated carbocycles. The molecule has 0 aliphatic heterocycles. The molecule has 0 radical (unpaired) electrons. The molecular weight excluding hydrogens is 232 g/mol. The van der Waals surface area contributed by atoms with Crippen LogP contribution < -0.4 is 11.1 Å². The molecule has 1 atom stereocenters. The van der Waals surface area contributed by atoms with Crippen molar-refractivity contribution >= 4 is 34.8 Å². The van der Waals surface area contributed by atoms with Crippen molar-refractivity contribution < 1.29 is 4.79 Å². The Morgan fingerprint density at radius 3 is 2.60 bits per heavy atom. The topological polar surface area (TPSA) is 55.1 Å². The average Bonchev–Trinajstić information content (AvgIpc) is 2.18. The number of carbonyl (C=O) groups is 1. The molecule has 0 saturated heterocycles. The second-order valence-corrected chi connectivity index (χ2v) is 3.98. The van der Waals surface area contributed by atoms with Crippen molar-refractivity contribution in [1.82, 2.24) is 5.32 Å². The molecule has 15 heavy (non-hydrogen) atoms. The summed E-state index contributed by atoms with van der Waals surface area (Å²) in [4.78, 5) is 11.3. The second kappa shape index (κ2) is 5.68. The van der Waals surface area contributed by atoms with E-state index >= 15 is 0 Å². The van der Waals surface area contributed by atoms with Gasteiger partial charge in [-0.2, -0.15) is 0 Å². The van der Waals surface area contributed by atoms with Crippen molar-refractivity contribution in [3.63, 3.8) is 0 Å². The number of rotatable bonds is 3. The third-order valence-electron chi connectivity index (χ3n) is 1.79. The Morgan fingerprint density at radius 2 is 2.07 bits per heavy atom. The van der Waals surface area contributed by atoms with E-state index in [9.17, 15) is 4.79 Å². The molecule has 1 unspecified atom stereocenters. The Hall–Kier alpha value is -1.13. The van der Waals surface area contributed by atoms with Gasteiger partial charge in [0.25, 0.3) is 0 Å². The van der Waals surface area contributed by atoms with E-state index in [-0.39, 0.29) is 11.0 Å². The SMILES string of the molecule is NC(=S)NC(=O)C(Cl)Cc1ccccc1. The lowest BCUT2D eigenvalue weighted by molar-refractivity contribution is -0.119. The van der Waals surface area contributed by atoms with Gasteiger partial charge in [0.2, 0.25) is 5.91 Å². The second-order valence-electron chi connectivity index (χ2n) is 3.01. The van der Waals surface area contributed by atoms with Crippen LogP contribution in [0.2, 0.25) is 0 Å². The molecule has 0 aliphatic rings. The quantitative estimate of drug-likeness (QED) is 0.619. The van der Waals surface area contributed by atoms with Crippen molar-refractivity contribution in [3.8, 4) is 0 Å². The zero-order valence-corrected chi connectivity index (χ0v) is 9.52. The van der Waals surface area contributed by atoms with Crippen LogP contribution in [0.5, 0.6) is 0 Å². The lowest BCUT2D eigenvalue weighted by Crippen LogP contribution is -2.40. The van der Waals surface area contributed by atoms with E-state index in [1.807, 2.05) is 30.3 Å². The molecule has 5 heteroatoms. The van der Waals surface area contributed by atoms with E-state index in [4.69, 9.17) is 17.3 Å². The average molecular weight is 243 g/mol. The molecule has 80 valence electrons. The third kappa shape index (κ3) is 4.27. The number of nitrogens with two attached hydrogens (primary N) is 1. The van der Waals surface area contributed by atoms with E-state index in [2.05, 4.69) is 17.5 Å². The van der Waals surface area contributed by atoms with Crippen molar-refractivity contribution in [1.29, 1.82) is 0 Å². The maximum atomic E-state index is 11.3. The standard InChI is InChI=1S/C10H11ClN2OS/c11-8(9(14)13-10(12)15)6-7-4-2-1-3-5-7/h1-5,8H,6H2,(H3,12,13,14,15). The van der Waals surface area contributed by atoms with Gasteiger partial charge in [-0.1, -0.05) is 30.3 Å². The monoisotopic (exact) mass is 242 g/mol. The third-order valence-corrected chi connectivity index (χ3v) is 2.24. The Morgan fingerprint density at radius 1 is 1.47 bits per heavy atom. The van der Waals surface area contributed by atoms with Crippen LogP contribution in [-0.4, -0.2) is 16.4 Å². The minimum Gasteiger partial charge on any atom is -0.376 e. The summed E-state index contributed by atoms with van der Waals surface area (Å²) in [5, 5.41) is 1.59. The molecule has 1 aromatic rings. The highest BCUT2D eigenvalue weighted by Crippen LogP contribution is 2.07. The van der Waals surface area contributed by atoms with Crippen LogP contribution in [-0.2, 0) is 11.2 Å². The van der Waals surface area contributed by atoms with Gasteiger partial charge in [0.1, 0.15) is 5.38 Å². The lowest BCUT2D eigenvalue weighted by Gasteiger charge is -2.08. The van der Waals surface area contributed by atoms with Crippen LogP contribution in [0.25, 0.3) is 0 Å². The fourth-order valence-corrected chi connectivity index (χ4v) is 1.45. The smallest absolute Gasteiger partial charge is 0.244 e. The molecule has 1 amide bonds. The summed E-state index contributed by atoms with van der Waals surface area (Å²) in [7, 11) is 0. The molecule has 0 heterocycles. The van der Waals surface area contributed by atoms with E-state index in [0.717, 1.165) is 5.56 Å². The summed E-state index contributed by atoms with van der Waals surface area (Å²) in [6.07, 6.45) is 0.455. The van der Waals surface area contributed by atoms with Gasteiger partial charge < -0.3 is 11.1 Å². The number of nitrogens with one attached hydrogen (secondary N) is 1. The summed E-state index contributed by atoms with van der Waals surface area (Å²) in [5.74, 6) is -0.368. The summed E-state index contributed by atoms with van der Waals surface area (Å²) >= 11 is 10.4. The molecule has 1 aromatic carbocycles. The van der Waals surface area contributed by atoms with Crippen molar-refractivity contribution in [2.75, 3.05) is 0 Å². The molecule has 0 aliphatic carbocycles. The van der Waals surface area contributed by atoms with Crippen LogP contribution in [0.1, 0.15) is 5.56 Å². The predicted octanol–water partition coefficient (Wildman–Crippen LogP) is 1.20. The molecule has 0 fully saturated rings. The van der Waals surface area contributed by atoms with E-state index < -0.39 is 5.38 Å². The molecular formula is C10H11ClN2OS. The Bertz CT molecular complexity index is 356. The van der Waals surface area contributed by atoms with E-state index in [1.165, 1.54) is 0 Å². The summed E-state index contributed by atoms with van der Waals surface area (Å²) in [6.45, 7) is 0. The van der Waals surface area contributed by atoms with Gasteiger partial charge in [-0.25, -0.2) is 0 Å². The Labute approximate surface area is 98.6 Å². The molecule has 3 N–H and O–H groups in total. The molecule has 1 rings (SSSR count). The Balaban J connectivity index is 2.52. The van der Waals surface area contributed by atoms with Gasteiger partial charge in [0, 0.05) is 0 Å². The van der Waals surface area contributed by atoms with E-state index in [0.29, 0.717) is 6.42 Å². The first-order chi connectivity index (χ1) is 7.09. The molecule has 3 nitrogen and oxygen atoms in total. The van der Waals surface area contributed by atoms with Crippen LogP contribution in [0, 0.1) is 0 Å². The number of amides is 1. The normalized spacial score (nSPS) is 11.8. The van der Waals surface area contributed by atoms with Crippen molar-refractivity contribution in [2.45, 2.75) is 11.8 Å². The predicted molar refractivity (Wildman–Crippen MR) is 64.7 cm³/mol. The minimum atomic E-state index is -0.658. The van der Waals surface area contributed by atoms with Crippen molar-refractivity contribution in [2.24, 2.45) is 5.73 Å². The minimum absolute atomic E-state index is 0.0567. The number of alkyl halides is 1. The van der Waals surface area contributed by atoms with Crippen LogP contribution in [0.15, 0.2) is 30.3 Å². The summed E-state index contributed by atoms with van der Waals surface area (Å²) < 4.78 is 0. The van der Waals surface area contributed by atoms with Crippen molar-refractivity contribution in [3.05, 3.63) is 35.9 Å². The van der Waals surface area contributed by atoms with Gasteiger partial charge in [-0.3, -0.25) is 4.79 Å². The number of hydrogen-bond donors (Lipinski definition) is 2. The molecule has 0 aromatic heterocycles. The maximum absolute atomic E-state index is 11.3. The maximum Gasteiger partial charge on any atom is 0.244 e. The zero-order chi connectivity index (χ0) is 11.3. The van der Waals surface area contributed by atoms with Crippen LogP contribution in [0.3, 0.4) is 0 Å². The first kappa shape index (κ1) is 11.9. The van der Waals surface area contributed by atoms with Gasteiger partial charge in [-0.15, -0.1) is 11.6 Å². The zero-order valence-electron chi connectivity index (χ0n) is 7.94. The van der Waals surface area contributed by atoms with Gasteiger partial charge in [-0.05, 0) is 24.2 Å². The van der Waals surface area contributed by atoms with Gasteiger partial charge in [0.15, 0.2) is 5.11 Å². The largest absolute Gasteiger partial charge is 0.376 e. The highest BCUT2D eigenvalue weighted by molar-refractivity contribution is 7.80. The number of benzene rings is 1. The fraction of sp³-hybridized carbons (Fsp3) is 0.200. The first-order valence-corrected chi connectivity index (χ1v) is 5.22. The number of thiocarbonyl (C=S) groups is 1. The number of hydrogen-bond acceptors (Lipinski definition) is 2. The highest BCUT2D eigenvalue weighted by Gasteiger charge is 2.15.